The summed E-state index contributed by atoms with van der Waals surface area (Å²) in [7, 11) is 0.707. The summed E-state index contributed by atoms with van der Waals surface area (Å²) in [5.41, 5.74) is 11.2. The van der Waals surface area contributed by atoms with Crippen LogP contribution in [0.25, 0.3) is 33.1 Å². The van der Waals surface area contributed by atoms with Crippen LogP contribution in [0.2, 0.25) is 0 Å². The highest BCUT2D eigenvalue weighted by molar-refractivity contribution is 7.82. The first-order valence-electron chi connectivity index (χ1n) is 10.8. The molecule has 0 fully saturated rings. The topological polar surface area (TPSA) is 95.1 Å². The number of nitrogens with zero attached hydrogens (tertiary/aromatic N) is 3. The lowest BCUT2D eigenvalue weighted by Crippen LogP contribution is -2.17. The third kappa shape index (κ3) is 4.82. The molecule has 0 bridgehead atoms. The number of benzene rings is 2. The number of fused-ring (bicyclic) bond motifs is 3. The molecule has 3 N–H and O–H groups in total. The second-order valence-electron chi connectivity index (χ2n) is 7.77. The SMILES string of the molecule is COCCc1nc2c(N)nc3cc(-c4ccccc4)ccc3c2n1CCCCNS(C)=O. The molecule has 8 heteroatoms. The summed E-state index contributed by atoms with van der Waals surface area (Å²) >= 11 is 0. The molecular formula is C24H29N5O2S. The lowest BCUT2D eigenvalue weighted by Gasteiger charge is -2.12. The fraction of sp³-hybridized carbons (Fsp3) is 0.333. The average molecular weight is 452 g/mol. The Bertz CT molecular complexity index is 1240. The van der Waals surface area contributed by atoms with Gasteiger partial charge in [0, 0.05) is 38.3 Å². The fourth-order valence-electron chi connectivity index (χ4n) is 4.00. The summed E-state index contributed by atoms with van der Waals surface area (Å²) in [4.78, 5) is 9.52. The molecule has 0 aliphatic rings. The summed E-state index contributed by atoms with van der Waals surface area (Å²) in [6.07, 6.45) is 4.20. The molecule has 2 aromatic carbocycles. The van der Waals surface area contributed by atoms with E-state index in [1.54, 1.807) is 13.4 Å². The first kappa shape index (κ1) is 22.4. The zero-order valence-electron chi connectivity index (χ0n) is 18.5. The first-order valence-corrected chi connectivity index (χ1v) is 12.3. The molecule has 0 aliphatic carbocycles. The third-order valence-electron chi connectivity index (χ3n) is 5.53. The summed E-state index contributed by atoms with van der Waals surface area (Å²) in [5.74, 6) is 1.39. The van der Waals surface area contributed by atoms with Gasteiger partial charge in [0.05, 0.1) is 28.6 Å². The Morgan fingerprint density at radius 3 is 2.66 bits per heavy atom. The maximum atomic E-state index is 11.2. The second-order valence-corrected chi connectivity index (χ2v) is 8.97. The van der Waals surface area contributed by atoms with Crippen LogP contribution < -0.4 is 10.5 Å². The number of rotatable bonds is 10. The van der Waals surface area contributed by atoms with Crippen molar-refractivity contribution in [1.82, 2.24) is 19.3 Å². The highest BCUT2D eigenvalue weighted by Gasteiger charge is 2.17. The van der Waals surface area contributed by atoms with Crippen molar-refractivity contribution in [3.63, 3.8) is 0 Å². The van der Waals surface area contributed by atoms with E-state index in [4.69, 9.17) is 15.5 Å². The standard InChI is InChI=1S/C24H29N5O2S/c1-31-15-12-21-28-22-23(29(21)14-7-6-13-26-32(2)30)19-11-10-18(16-20(19)27-24(22)25)17-8-4-3-5-9-17/h3-5,8-11,16,26H,6-7,12-15H2,1-2H3,(H2,25,27). The van der Waals surface area contributed by atoms with Crippen LogP contribution in [0, 0.1) is 0 Å². The monoisotopic (exact) mass is 451 g/mol. The summed E-state index contributed by atoms with van der Waals surface area (Å²) in [6.45, 7) is 2.10. The van der Waals surface area contributed by atoms with Gasteiger partial charge in [-0.2, -0.15) is 0 Å². The highest BCUT2D eigenvalue weighted by Crippen LogP contribution is 2.32. The maximum Gasteiger partial charge on any atom is 0.152 e. The summed E-state index contributed by atoms with van der Waals surface area (Å²) in [6, 6.07) is 16.6. The Morgan fingerprint density at radius 1 is 1.09 bits per heavy atom. The lowest BCUT2D eigenvalue weighted by atomic mass is 10.0. The number of aromatic nitrogens is 3. The second kappa shape index (κ2) is 10.2. The zero-order chi connectivity index (χ0) is 22.5. The molecule has 0 saturated carbocycles. The largest absolute Gasteiger partial charge is 0.384 e. The minimum absolute atomic E-state index is 0.443. The quantitative estimate of drug-likeness (QED) is 0.359. The molecule has 7 nitrogen and oxygen atoms in total. The van der Waals surface area contributed by atoms with Crippen molar-refractivity contribution in [2.45, 2.75) is 25.8 Å². The molecule has 32 heavy (non-hydrogen) atoms. The van der Waals surface area contributed by atoms with E-state index in [9.17, 15) is 4.21 Å². The number of pyridine rings is 1. The van der Waals surface area contributed by atoms with Crippen LogP contribution in [0.4, 0.5) is 5.82 Å². The number of ether oxygens (including phenoxy) is 1. The number of methoxy groups -OCH3 is 1. The number of anilines is 1. The molecular weight excluding hydrogens is 422 g/mol. The van der Waals surface area contributed by atoms with Crippen LogP contribution in [0.5, 0.6) is 0 Å². The molecule has 0 saturated heterocycles. The number of nitrogens with two attached hydrogens (primary N) is 1. The maximum absolute atomic E-state index is 11.2. The molecule has 2 aromatic heterocycles. The van der Waals surface area contributed by atoms with E-state index in [0.717, 1.165) is 58.3 Å². The smallest absolute Gasteiger partial charge is 0.152 e. The van der Waals surface area contributed by atoms with Crippen molar-refractivity contribution in [2.24, 2.45) is 0 Å². The van der Waals surface area contributed by atoms with E-state index in [1.807, 2.05) is 18.2 Å². The average Bonchev–Trinajstić information content (AvgIpc) is 3.16. The number of unbranched alkanes of at least 4 members (excludes halogenated alkanes) is 1. The number of hydrogen-bond acceptors (Lipinski definition) is 5. The van der Waals surface area contributed by atoms with Gasteiger partial charge in [0.2, 0.25) is 0 Å². The molecule has 0 spiro atoms. The van der Waals surface area contributed by atoms with Gasteiger partial charge in [-0.15, -0.1) is 0 Å². The summed E-state index contributed by atoms with van der Waals surface area (Å²) in [5, 5.41) is 1.04. The van der Waals surface area contributed by atoms with Gasteiger partial charge >= 0.3 is 0 Å². The van der Waals surface area contributed by atoms with Crippen molar-refractivity contribution < 1.29 is 8.95 Å². The van der Waals surface area contributed by atoms with Gasteiger partial charge in [0.25, 0.3) is 0 Å². The molecule has 4 rings (SSSR count). The summed E-state index contributed by atoms with van der Waals surface area (Å²) < 4.78 is 21.8. The van der Waals surface area contributed by atoms with Gasteiger partial charge in [0.15, 0.2) is 5.82 Å². The van der Waals surface area contributed by atoms with Crippen molar-refractivity contribution in [1.29, 1.82) is 0 Å². The predicted octanol–water partition coefficient (Wildman–Crippen LogP) is 3.69. The van der Waals surface area contributed by atoms with E-state index < -0.39 is 11.0 Å². The molecule has 1 unspecified atom stereocenters. The molecule has 0 radical (unpaired) electrons. The molecule has 2 heterocycles. The van der Waals surface area contributed by atoms with Gasteiger partial charge < -0.3 is 15.0 Å². The number of nitrogen functional groups attached to an aromatic ring is 1. The predicted molar refractivity (Wildman–Crippen MR) is 132 cm³/mol. The Kier molecular flexibility index (Phi) is 7.14. The van der Waals surface area contributed by atoms with Gasteiger partial charge in [-0.05, 0) is 30.0 Å². The van der Waals surface area contributed by atoms with E-state index in [2.05, 4.69) is 44.6 Å². The Balaban J connectivity index is 1.76. The van der Waals surface area contributed by atoms with Crippen molar-refractivity contribution in [3.05, 3.63) is 54.4 Å². The van der Waals surface area contributed by atoms with E-state index >= 15 is 0 Å². The van der Waals surface area contributed by atoms with Gasteiger partial charge in [-0.3, -0.25) is 0 Å². The third-order valence-corrected chi connectivity index (χ3v) is 6.14. The van der Waals surface area contributed by atoms with E-state index in [-0.39, 0.29) is 0 Å². The van der Waals surface area contributed by atoms with E-state index in [1.165, 1.54) is 0 Å². The normalized spacial score (nSPS) is 12.6. The minimum Gasteiger partial charge on any atom is -0.384 e. The van der Waals surface area contributed by atoms with Crippen LogP contribution in [0.1, 0.15) is 18.7 Å². The van der Waals surface area contributed by atoms with Crippen LogP contribution in [-0.4, -0.2) is 45.3 Å². The van der Waals surface area contributed by atoms with E-state index in [0.29, 0.717) is 25.4 Å². The molecule has 0 aliphatic heterocycles. The van der Waals surface area contributed by atoms with Gasteiger partial charge in [-0.25, -0.2) is 18.9 Å². The molecule has 168 valence electrons. The number of imidazole rings is 1. The highest BCUT2D eigenvalue weighted by atomic mass is 32.2. The Hall–Kier alpha value is -2.81. The Morgan fingerprint density at radius 2 is 1.91 bits per heavy atom. The zero-order valence-corrected chi connectivity index (χ0v) is 19.3. The molecule has 4 aromatic rings. The molecule has 1 atom stereocenters. The number of hydrogen-bond donors (Lipinski definition) is 2. The molecule has 0 amide bonds. The van der Waals surface area contributed by atoms with Crippen molar-refractivity contribution in [2.75, 3.05) is 32.3 Å². The van der Waals surface area contributed by atoms with Crippen LogP contribution >= 0.6 is 0 Å². The minimum atomic E-state index is -0.987. The van der Waals surface area contributed by atoms with Crippen LogP contribution in [0.3, 0.4) is 0 Å². The van der Waals surface area contributed by atoms with Crippen LogP contribution in [0.15, 0.2) is 48.5 Å². The fourth-order valence-corrected chi connectivity index (χ4v) is 4.44. The van der Waals surface area contributed by atoms with Gasteiger partial charge in [-0.1, -0.05) is 42.5 Å². The lowest BCUT2D eigenvalue weighted by molar-refractivity contribution is 0.199. The number of aryl methyl sites for hydroxylation is 1. The first-order chi connectivity index (χ1) is 15.6. The Labute approximate surface area is 190 Å². The van der Waals surface area contributed by atoms with Crippen molar-refractivity contribution >= 4 is 38.7 Å². The van der Waals surface area contributed by atoms with Crippen molar-refractivity contribution in [3.8, 4) is 11.1 Å². The van der Waals surface area contributed by atoms with Gasteiger partial charge in [0.1, 0.15) is 11.3 Å². The van der Waals surface area contributed by atoms with Crippen LogP contribution in [-0.2, 0) is 28.7 Å². The number of nitrogens with one attached hydrogen (secondary N) is 1.